The van der Waals surface area contributed by atoms with Crippen LogP contribution in [0.15, 0.2) is 18.5 Å². The molecule has 3 aromatic heterocycles. The van der Waals surface area contributed by atoms with Gasteiger partial charge in [0.25, 0.3) is 11.9 Å². The second-order valence-corrected chi connectivity index (χ2v) is 10.4. The van der Waals surface area contributed by atoms with Crippen LogP contribution >= 0.6 is 0 Å². The Balaban J connectivity index is 1.91. The van der Waals surface area contributed by atoms with Crippen molar-refractivity contribution in [3.63, 3.8) is 0 Å². The van der Waals surface area contributed by atoms with E-state index in [1.165, 1.54) is 16.9 Å². The summed E-state index contributed by atoms with van der Waals surface area (Å²) in [6.45, 7) is 1.83. The Morgan fingerprint density at radius 3 is 2.33 bits per heavy atom. The van der Waals surface area contributed by atoms with E-state index in [1.807, 2.05) is 5.32 Å². The van der Waals surface area contributed by atoms with Crippen LogP contribution in [0.2, 0.25) is 0 Å². The molecule has 13 nitrogen and oxygen atoms in total. The highest BCUT2D eigenvalue weighted by Gasteiger charge is 2.49. The number of amides is 2. The minimum absolute atomic E-state index is 0.0803. The fourth-order valence-corrected chi connectivity index (χ4v) is 3.76. The molecule has 2 atom stereocenters. The van der Waals surface area contributed by atoms with E-state index in [0.717, 1.165) is 0 Å². The third-order valence-corrected chi connectivity index (χ3v) is 6.16. The lowest BCUT2D eigenvalue weighted by atomic mass is 10.1. The number of carbonyl (C=O) groups is 2. The summed E-state index contributed by atoms with van der Waals surface area (Å²) in [5.41, 5.74) is -3.70. The fourth-order valence-electron chi connectivity index (χ4n) is 3.76. The van der Waals surface area contributed by atoms with Gasteiger partial charge in [-0.1, -0.05) is 0 Å². The molecule has 0 fully saturated rings. The van der Waals surface area contributed by atoms with Crippen LogP contribution in [0, 0.1) is 5.95 Å². The summed E-state index contributed by atoms with van der Waals surface area (Å²) in [4.78, 5) is 26.1. The first kappa shape index (κ1) is 35.2. The Kier molecular flexibility index (Phi) is 10.5. The number of hydrogen-bond donors (Lipinski definition) is 2. The predicted octanol–water partition coefficient (Wildman–Crippen LogP) is 3.69. The summed E-state index contributed by atoms with van der Waals surface area (Å²) in [6.07, 6.45) is -12.2. The third kappa shape index (κ3) is 8.91. The van der Waals surface area contributed by atoms with Gasteiger partial charge in [-0.15, -0.1) is 10.2 Å². The molecule has 0 spiro atoms. The molecule has 3 heterocycles. The Bertz CT molecular complexity index is 1460. The van der Waals surface area contributed by atoms with Crippen molar-refractivity contribution in [1.29, 1.82) is 0 Å². The van der Waals surface area contributed by atoms with E-state index in [4.69, 9.17) is 4.74 Å². The van der Waals surface area contributed by atoms with E-state index in [1.54, 1.807) is 13.8 Å². The second kappa shape index (κ2) is 13.4. The van der Waals surface area contributed by atoms with Crippen LogP contribution in [-0.4, -0.2) is 88.6 Å². The summed E-state index contributed by atoms with van der Waals surface area (Å²) >= 11 is 0. The lowest BCUT2D eigenvalue weighted by Crippen LogP contribution is -2.51. The average Bonchev–Trinajstić information content (AvgIpc) is 3.64. The number of nitrogens with zero attached hydrogens (tertiary/aromatic N) is 8. The molecule has 3 aromatic rings. The molecule has 0 saturated carbocycles. The first-order valence-electron chi connectivity index (χ1n) is 12.9. The number of aromatic nitrogens is 8. The van der Waals surface area contributed by atoms with Crippen LogP contribution < -0.4 is 10.6 Å². The number of nitrogens with one attached hydrogen (secondary N) is 2. The number of hydrogen-bond acceptors (Lipinski definition) is 8. The molecule has 0 radical (unpaired) electrons. The van der Waals surface area contributed by atoms with Crippen molar-refractivity contribution in [1.82, 2.24) is 45.1 Å². The quantitative estimate of drug-likeness (QED) is 0.264. The molecule has 3 rings (SSSR count). The maximum Gasteiger partial charge on any atom is 0.416 e. The molecule has 250 valence electrons. The number of carbonyl (C=O) groups excluding carboxylic acids is 2. The van der Waals surface area contributed by atoms with Gasteiger partial charge in [0.05, 0.1) is 12.8 Å². The van der Waals surface area contributed by atoms with E-state index in [9.17, 15) is 49.1 Å². The lowest BCUT2D eigenvalue weighted by Gasteiger charge is -2.30. The molecular weight excluding hydrogens is 635 g/mol. The molecule has 0 saturated heterocycles. The molecule has 22 heteroatoms. The van der Waals surface area contributed by atoms with Crippen LogP contribution in [0.3, 0.4) is 0 Å². The van der Waals surface area contributed by atoms with Crippen molar-refractivity contribution >= 4 is 17.5 Å². The minimum Gasteiger partial charge on any atom is -0.363 e. The maximum atomic E-state index is 14.9. The van der Waals surface area contributed by atoms with Gasteiger partial charge in [-0.2, -0.15) is 35.8 Å². The largest absolute Gasteiger partial charge is 0.416 e. The summed E-state index contributed by atoms with van der Waals surface area (Å²) in [5, 5.41) is 21.0. The first-order valence-corrected chi connectivity index (χ1v) is 12.9. The molecule has 0 aliphatic carbocycles. The van der Waals surface area contributed by atoms with E-state index in [2.05, 4.69) is 31.0 Å². The lowest BCUT2D eigenvalue weighted by molar-refractivity contribution is -0.264. The molecule has 2 N–H and O–H groups in total. The zero-order valence-electron chi connectivity index (χ0n) is 23.9. The number of anilines is 1. The van der Waals surface area contributed by atoms with Crippen molar-refractivity contribution in [2.45, 2.75) is 83.2 Å². The summed E-state index contributed by atoms with van der Waals surface area (Å²) in [5.74, 6) is -4.55. The fraction of sp³-hybridized carbons (Fsp3) is 0.609. The number of ether oxygens (including phenoxy) is 1. The summed E-state index contributed by atoms with van der Waals surface area (Å²) in [7, 11) is 0. The van der Waals surface area contributed by atoms with Crippen molar-refractivity contribution in [2.75, 3.05) is 11.9 Å². The predicted molar refractivity (Wildman–Crippen MR) is 133 cm³/mol. The second-order valence-electron chi connectivity index (χ2n) is 10.4. The Morgan fingerprint density at radius 1 is 1.09 bits per heavy atom. The van der Waals surface area contributed by atoms with Crippen molar-refractivity contribution in [3.8, 4) is 0 Å². The van der Waals surface area contributed by atoms with E-state index in [0.29, 0.717) is 24.7 Å². The molecule has 0 aromatic carbocycles. The third-order valence-electron chi connectivity index (χ3n) is 6.16. The van der Waals surface area contributed by atoms with Crippen LogP contribution in [0.4, 0.5) is 45.2 Å². The highest BCUT2D eigenvalue weighted by molar-refractivity contribution is 6.00. The summed E-state index contributed by atoms with van der Waals surface area (Å²) in [6, 6.07) is -2.82. The molecule has 0 aliphatic rings. The normalized spacial score (nSPS) is 14.2. The van der Waals surface area contributed by atoms with Crippen LogP contribution in [0.1, 0.15) is 62.5 Å². The highest BCUT2D eigenvalue weighted by atomic mass is 19.4. The van der Waals surface area contributed by atoms with Crippen molar-refractivity contribution in [3.05, 3.63) is 35.9 Å². The van der Waals surface area contributed by atoms with Gasteiger partial charge in [0.15, 0.2) is 11.4 Å². The van der Waals surface area contributed by atoms with Crippen molar-refractivity contribution < 1.29 is 53.8 Å². The van der Waals surface area contributed by atoms with Crippen molar-refractivity contribution in [2.24, 2.45) is 0 Å². The topological polar surface area (TPSA) is 147 Å². The number of halogens is 9. The molecule has 0 bridgehead atoms. The summed E-state index contributed by atoms with van der Waals surface area (Å²) < 4.78 is 127. The molecular formula is C23H27F9N10O3. The number of rotatable bonds is 13. The number of tetrazole rings is 1. The minimum atomic E-state index is -4.90. The smallest absolute Gasteiger partial charge is 0.363 e. The van der Waals surface area contributed by atoms with Crippen LogP contribution in [0.5, 0.6) is 0 Å². The van der Waals surface area contributed by atoms with Gasteiger partial charge < -0.3 is 15.4 Å². The average molecular weight is 663 g/mol. The van der Waals surface area contributed by atoms with Gasteiger partial charge in [0.2, 0.25) is 12.3 Å². The Labute approximate surface area is 248 Å². The zero-order valence-corrected chi connectivity index (χ0v) is 23.9. The van der Waals surface area contributed by atoms with Crippen LogP contribution in [-0.2, 0) is 16.1 Å². The van der Waals surface area contributed by atoms with Gasteiger partial charge >= 0.3 is 12.4 Å². The van der Waals surface area contributed by atoms with E-state index in [-0.39, 0.29) is 16.4 Å². The zero-order chi connectivity index (χ0) is 33.9. The molecule has 0 unspecified atom stereocenters. The first-order chi connectivity index (χ1) is 20.7. The van der Waals surface area contributed by atoms with Gasteiger partial charge in [-0.25, -0.2) is 13.5 Å². The van der Waals surface area contributed by atoms with Gasteiger partial charge in [0, 0.05) is 18.7 Å². The monoisotopic (exact) mass is 662 g/mol. The van der Waals surface area contributed by atoms with Gasteiger partial charge in [-0.05, 0) is 44.2 Å². The molecule has 0 aliphatic heterocycles. The molecule has 45 heavy (non-hydrogen) atoms. The molecule has 2 amide bonds. The SMILES string of the molecule is CC(C)n1nccc1C(=O)N[C@@H](COC(C)(C)C(F)(F)F)C(=O)Nc1cn([C@@H](CC(F)F)c2nnnn2CC(F)(F)F)nc1F. The van der Waals surface area contributed by atoms with Crippen LogP contribution in [0.25, 0.3) is 0 Å². The van der Waals surface area contributed by atoms with Gasteiger partial charge in [0.1, 0.15) is 30.0 Å². The Hall–Kier alpha value is -4.24. The standard InChI is InChI=1S/C23H27F9N10O3/c1-11(2)42-14(5-6-33-42)20(44)35-13(9-45-21(3,4)23(30,31)32)19(43)34-12-8-40(37-17(12)26)15(7-16(24)25)18-36-38-39-41(18)10-22(27,28)29/h5-6,8,11,13,15-16H,7,9-10H2,1-4H3,(H,34,43)(H,35,44)/t13-,15-/m0/s1. The van der Waals surface area contributed by atoms with Gasteiger partial charge in [-0.3, -0.25) is 19.0 Å². The van der Waals surface area contributed by atoms with E-state index < -0.39 is 85.3 Å². The van der Waals surface area contributed by atoms with E-state index >= 15 is 0 Å². The maximum absolute atomic E-state index is 14.9. The number of alkyl halides is 8. The highest BCUT2D eigenvalue weighted by Crippen LogP contribution is 2.33. The Morgan fingerprint density at radius 2 is 1.76 bits per heavy atom.